The normalized spacial score (nSPS) is 14.5. The van der Waals surface area contributed by atoms with Crippen LogP contribution in [-0.2, 0) is 14.3 Å². The highest BCUT2D eigenvalue weighted by Crippen LogP contribution is 2.27. The van der Waals surface area contributed by atoms with Gasteiger partial charge in [-0.05, 0) is 31.7 Å². The van der Waals surface area contributed by atoms with E-state index in [1.54, 1.807) is 4.90 Å². The Hall–Kier alpha value is -1.10. The average Bonchev–Trinajstić information content (AvgIpc) is 3.12. The van der Waals surface area contributed by atoms with Crippen LogP contribution in [0.25, 0.3) is 0 Å². The number of ether oxygens (including phenoxy) is 1. The summed E-state index contributed by atoms with van der Waals surface area (Å²) in [6.45, 7) is 3.85. The second kappa shape index (κ2) is 7.27. The summed E-state index contributed by atoms with van der Waals surface area (Å²) in [5, 5.41) is 3.13. The van der Waals surface area contributed by atoms with Gasteiger partial charge in [-0.1, -0.05) is 6.92 Å². The maximum atomic E-state index is 11.8. The van der Waals surface area contributed by atoms with Crippen LogP contribution in [0, 0.1) is 5.92 Å². The van der Waals surface area contributed by atoms with E-state index in [2.05, 4.69) is 10.1 Å². The van der Waals surface area contributed by atoms with Gasteiger partial charge in [-0.15, -0.1) is 0 Å². The van der Waals surface area contributed by atoms with Crippen molar-refractivity contribution in [2.45, 2.75) is 26.2 Å². The van der Waals surface area contributed by atoms with Crippen LogP contribution in [0.2, 0.25) is 0 Å². The number of methoxy groups -OCH3 is 1. The number of carbonyl (C=O) groups excluding carboxylic acids is 2. The van der Waals surface area contributed by atoms with Gasteiger partial charge in [0.2, 0.25) is 5.91 Å². The van der Waals surface area contributed by atoms with Crippen LogP contribution in [0.3, 0.4) is 0 Å². The van der Waals surface area contributed by atoms with Gasteiger partial charge >= 0.3 is 5.97 Å². The number of carbonyl (C=O) groups is 2. The Kier molecular flexibility index (Phi) is 5.97. The van der Waals surface area contributed by atoms with Gasteiger partial charge in [-0.2, -0.15) is 0 Å². The summed E-state index contributed by atoms with van der Waals surface area (Å²) in [6, 6.07) is 0. The Labute approximate surface area is 102 Å². The van der Waals surface area contributed by atoms with Gasteiger partial charge in [0.15, 0.2) is 0 Å². The molecule has 5 heteroatoms. The second-order valence-corrected chi connectivity index (χ2v) is 4.47. The summed E-state index contributed by atoms with van der Waals surface area (Å²) in [6.07, 6.45) is 3.37. The maximum Gasteiger partial charge on any atom is 0.325 e. The fourth-order valence-corrected chi connectivity index (χ4v) is 1.60. The van der Waals surface area contributed by atoms with Gasteiger partial charge in [-0.25, -0.2) is 0 Å². The Morgan fingerprint density at radius 1 is 1.41 bits per heavy atom. The molecule has 1 saturated carbocycles. The molecule has 0 aliphatic heterocycles. The molecule has 0 unspecified atom stereocenters. The van der Waals surface area contributed by atoms with Crippen molar-refractivity contribution in [3.05, 3.63) is 0 Å². The lowest BCUT2D eigenvalue weighted by atomic mass is 10.3. The van der Waals surface area contributed by atoms with Gasteiger partial charge in [0.05, 0.1) is 13.7 Å². The van der Waals surface area contributed by atoms with Crippen molar-refractivity contribution in [3.63, 3.8) is 0 Å². The van der Waals surface area contributed by atoms with E-state index in [0.717, 1.165) is 18.9 Å². The fourth-order valence-electron chi connectivity index (χ4n) is 1.60. The van der Waals surface area contributed by atoms with E-state index >= 15 is 0 Å². The zero-order valence-electron chi connectivity index (χ0n) is 10.7. The van der Waals surface area contributed by atoms with Crippen LogP contribution in [0.15, 0.2) is 0 Å². The molecule has 0 saturated heterocycles. The summed E-state index contributed by atoms with van der Waals surface area (Å²) in [5.41, 5.74) is 0. The third kappa shape index (κ3) is 5.68. The van der Waals surface area contributed by atoms with E-state index in [1.165, 1.54) is 20.0 Å². The summed E-state index contributed by atoms with van der Waals surface area (Å²) in [4.78, 5) is 24.5. The van der Waals surface area contributed by atoms with Gasteiger partial charge in [0.25, 0.3) is 0 Å². The third-order valence-electron chi connectivity index (χ3n) is 2.80. The number of nitrogens with one attached hydrogen (secondary N) is 1. The van der Waals surface area contributed by atoms with Crippen molar-refractivity contribution in [2.75, 3.05) is 33.3 Å². The van der Waals surface area contributed by atoms with Crippen LogP contribution < -0.4 is 5.32 Å². The lowest BCUT2D eigenvalue weighted by Crippen LogP contribution is -2.42. The van der Waals surface area contributed by atoms with Gasteiger partial charge in [-0.3, -0.25) is 9.59 Å². The summed E-state index contributed by atoms with van der Waals surface area (Å²) in [7, 11) is 1.34. The predicted molar refractivity (Wildman–Crippen MR) is 64.5 cm³/mol. The first kappa shape index (κ1) is 14.0. The summed E-state index contributed by atoms with van der Waals surface area (Å²) >= 11 is 0. The molecular weight excluding hydrogens is 220 g/mol. The maximum absolute atomic E-state index is 11.8. The lowest BCUT2D eigenvalue weighted by Gasteiger charge is -2.20. The van der Waals surface area contributed by atoms with Crippen LogP contribution in [0.1, 0.15) is 26.2 Å². The molecule has 0 atom stereocenters. The topological polar surface area (TPSA) is 58.6 Å². The minimum Gasteiger partial charge on any atom is -0.468 e. The molecule has 1 fully saturated rings. The number of nitrogens with zero attached hydrogens (tertiary/aromatic N) is 1. The first-order chi connectivity index (χ1) is 8.17. The Balaban J connectivity index is 2.27. The van der Waals surface area contributed by atoms with Crippen molar-refractivity contribution < 1.29 is 14.3 Å². The van der Waals surface area contributed by atoms with Gasteiger partial charge in [0.1, 0.15) is 6.54 Å². The molecule has 5 nitrogen and oxygen atoms in total. The van der Waals surface area contributed by atoms with Crippen molar-refractivity contribution >= 4 is 11.9 Å². The molecule has 17 heavy (non-hydrogen) atoms. The molecule has 1 amide bonds. The van der Waals surface area contributed by atoms with E-state index in [0.29, 0.717) is 13.1 Å². The molecular formula is C12H22N2O3. The van der Waals surface area contributed by atoms with Crippen LogP contribution in [0.4, 0.5) is 0 Å². The van der Waals surface area contributed by atoms with Gasteiger partial charge in [0, 0.05) is 6.54 Å². The molecule has 0 aromatic heterocycles. The third-order valence-corrected chi connectivity index (χ3v) is 2.80. The monoisotopic (exact) mass is 242 g/mol. The highest BCUT2D eigenvalue weighted by Gasteiger charge is 2.22. The van der Waals surface area contributed by atoms with E-state index in [4.69, 9.17) is 0 Å². The molecule has 0 heterocycles. The predicted octanol–water partition coefficient (Wildman–Crippen LogP) is 0.398. The number of hydrogen-bond acceptors (Lipinski definition) is 4. The van der Waals surface area contributed by atoms with Crippen LogP contribution in [-0.4, -0.2) is 50.1 Å². The average molecular weight is 242 g/mol. The molecule has 1 N–H and O–H groups in total. The largest absolute Gasteiger partial charge is 0.468 e. The van der Waals surface area contributed by atoms with Crippen LogP contribution in [0.5, 0.6) is 0 Å². The Morgan fingerprint density at radius 3 is 2.65 bits per heavy atom. The Morgan fingerprint density at radius 2 is 2.12 bits per heavy atom. The minimum absolute atomic E-state index is 0.0297. The number of esters is 1. The SMILES string of the molecule is CCCN(CC(=O)OC)C(=O)CNCC1CC1. The summed E-state index contributed by atoms with van der Waals surface area (Å²) < 4.78 is 4.58. The molecule has 1 rings (SSSR count). The van der Waals surface area contributed by atoms with E-state index in [9.17, 15) is 9.59 Å². The van der Waals surface area contributed by atoms with E-state index < -0.39 is 0 Å². The smallest absolute Gasteiger partial charge is 0.325 e. The van der Waals surface area contributed by atoms with Crippen molar-refractivity contribution in [1.82, 2.24) is 10.2 Å². The van der Waals surface area contributed by atoms with Crippen LogP contribution >= 0.6 is 0 Å². The number of amides is 1. The molecule has 0 bridgehead atoms. The highest BCUT2D eigenvalue weighted by atomic mass is 16.5. The Bertz CT molecular complexity index is 264. The fraction of sp³-hybridized carbons (Fsp3) is 0.833. The standard InChI is InChI=1S/C12H22N2O3/c1-3-6-14(9-12(16)17-2)11(15)8-13-7-10-4-5-10/h10,13H,3-9H2,1-2H3. The molecule has 1 aliphatic rings. The first-order valence-electron chi connectivity index (χ1n) is 6.22. The number of rotatable bonds is 8. The number of hydrogen-bond donors (Lipinski definition) is 1. The molecule has 0 aromatic carbocycles. The molecule has 0 radical (unpaired) electrons. The molecule has 1 aliphatic carbocycles. The van der Waals surface area contributed by atoms with Crippen molar-refractivity contribution in [1.29, 1.82) is 0 Å². The van der Waals surface area contributed by atoms with Crippen molar-refractivity contribution in [3.8, 4) is 0 Å². The van der Waals surface area contributed by atoms with E-state index in [1.807, 2.05) is 6.92 Å². The summed E-state index contributed by atoms with van der Waals surface area (Å²) in [5.74, 6) is 0.356. The van der Waals surface area contributed by atoms with Gasteiger partial charge < -0.3 is 15.0 Å². The lowest BCUT2D eigenvalue weighted by molar-refractivity contribution is -0.146. The second-order valence-electron chi connectivity index (χ2n) is 4.47. The highest BCUT2D eigenvalue weighted by molar-refractivity contribution is 5.83. The van der Waals surface area contributed by atoms with E-state index in [-0.39, 0.29) is 18.4 Å². The molecule has 0 aromatic rings. The first-order valence-corrected chi connectivity index (χ1v) is 6.22. The zero-order chi connectivity index (χ0) is 12.7. The minimum atomic E-state index is -0.367. The van der Waals surface area contributed by atoms with Crippen molar-refractivity contribution in [2.24, 2.45) is 5.92 Å². The molecule has 98 valence electrons. The quantitative estimate of drug-likeness (QED) is 0.626. The molecule has 0 spiro atoms. The zero-order valence-corrected chi connectivity index (χ0v) is 10.7.